The van der Waals surface area contributed by atoms with Crippen molar-refractivity contribution in [2.24, 2.45) is 0 Å². The van der Waals surface area contributed by atoms with Gasteiger partial charge in [0.05, 0.1) is 16.2 Å². The molecule has 0 unspecified atom stereocenters. The Morgan fingerprint density at radius 1 is 0.280 bits per heavy atom. The Balaban J connectivity index is -0.000000415. The highest BCUT2D eigenvalue weighted by atomic mass is 32.1. The first-order chi connectivity index (χ1) is 37.2. The molecular formula is C70H109N9S3. The normalized spacial score (nSPS) is 9.70. The number of rotatable bonds is 9. The van der Waals surface area contributed by atoms with E-state index in [0.717, 1.165) is 22.9 Å². The van der Waals surface area contributed by atoms with Crippen LogP contribution in [0, 0.1) is 0 Å². The number of thiazole rings is 2. The van der Waals surface area contributed by atoms with Crippen molar-refractivity contribution >= 4 is 34.0 Å². The van der Waals surface area contributed by atoms with Crippen LogP contribution in [-0.4, -0.2) is 44.9 Å². The maximum atomic E-state index is 4.18. The molecule has 0 saturated heterocycles. The first-order valence-electron chi connectivity index (χ1n) is 27.3. The smallest absolute Gasteiger partial charge is 0.130 e. The zero-order valence-corrected chi connectivity index (χ0v) is 52.7. The number of benzene rings is 1. The van der Waals surface area contributed by atoms with Crippen LogP contribution >= 0.6 is 34.0 Å². The largest absolute Gasteiger partial charge is 0.264 e. The Morgan fingerprint density at radius 2 is 0.780 bits per heavy atom. The van der Waals surface area contributed by atoms with E-state index in [1.165, 1.54) is 25.9 Å². The van der Waals surface area contributed by atoms with Crippen molar-refractivity contribution in [3.63, 3.8) is 0 Å². The summed E-state index contributed by atoms with van der Waals surface area (Å²) in [5.74, 6) is 6.12. The molecule has 0 aliphatic rings. The van der Waals surface area contributed by atoms with Crippen molar-refractivity contribution in [2.45, 2.75) is 208 Å². The van der Waals surface area contributed by atoms with Gasteiger partial charge in [-0.3, -0.25) is 29.9 Å². The Hall–Kier alpha value is -6.21. The summed E-state index contributed by atoms with van der Waals surface area (Å²) in [4.78, 5) is 39.5. The highest BCUT2D eigenvalue weighted by Gasteiger charge is 2.01. The molecule has 1 aromatic carbocycles. The Morgan fingerprint density at radius 3 is 1.04 bits per heavy atom. The molecule has 0 aliphatic carbocycles. The van der Waals surface area contributed by atoms with Crippen LogP contribution in [0.1, 0.15) is 256 Å². The Bertz CT molecular complexity index is 2200. The average molecular weight is 1170 g/mol. The van der Waals surface area contributed by atoms with Gasteiger partial charge < -0.3 is 0 Å². The van der Waals surface area contributed by atoms with Crippen molar-refractivity contribution in [3.05, 3.63) is 230 Å². The summed E-state index contributed by atoms with van der Waals surface area (Å²) in [6, 6.07) is 32.7. The number of nitrogens with zero attached hydrogens (tertiary/aromatic N) is 9. The number of hydrogen-bond acceptors (Lipinski definition) is 12. The molecule has 8 heterocycles. The second kappa shape index (κ2) is 50.5. The number of hydrogen-bond donors (Lipinski definition) is 0. The van der Waals surface area contributed by atoms with Gasteiger partial charge in [0, 0.05) is 107 Å². The quantitative estimate of drug-likeness (QED) is 0.139. The molecule has 9 aromatic rings. The van der Waals surface area contributed by atoms with E-state index in [0.29, 0.717) is 53.3 Å². The molecule has 9 rings (SSSR count). The minimum Gasteiger partial charge on any atom is -0.264 e. The monoisotopic (exact) mass is 1170 g/mol. The van der Waals surface area contributed by atoms with Crippen molar-refractivity contribution < 1.29 is 0 Å². The van der Waals surface area contributed by atoms with Gasteiger partial charge in [-0.2, -0.15) is 0 Å². The molecule has 0 atom stereocenters. The van der Waals surface area contributed by atoms with Crippen LogP contribution in [0.3, 0.4) is 0 Å². The zero-order valence-electron chi connectivity index (χ0n) is 50.3. The minimum absolute atomic E-state index is 0. The topological polar surface area (TPSA) is 116 Å². The standard InChI is InChI=1S/C9H12.3C8H11N.2C7H10N2.C7H10S.2C6H9NS.4CH4/c1-8(2)9-6-4-3-5-7-9;1-7(2)8-4-3-5-9-6-8;2*1-7(2)8-5-3-4-6-9-8;1-6(2)7-5-8-3-4-9-7;1-6(2)7-8-4-3-5-9-7;1-6(2)7-4-3-5-8-7;1-5(2)6-3-7-4-8-6;1-5(2)6-7-3-4-8-6;;;;/h3-8H,1-2H3;3*3-7H,1-2H3;2*3-6H,1-2H3;3-6H,1-2H3;2*3-5H,1-2H3;4*1H4. The number of thiophene rings is 1. The molecule has 0 saturated carbocycles. The highest BCUT2D eigenvalue weighted by molar-refractivity contribution is 7.10. The minimum atomic E-state index is 0. The maximum absolute atomic E-state index is 4.18. The third kappa shape index (κ3) is 40.1. The van der Waals surface area contributed by atoms with E-state index in [1.807, 2.05) is 108 Å². The predicted molar refractivity (Wildman–Crippen MR) is 365 cm³/mol. The van der Waals surface area contributed by atoms with Crippen molar-refractivity contribution in [1.29, 1.82) is 0 Å². The molecule has 452 valence electrons. The van der Waals surface area contributed by atoms with Crippen LogP contribution in [0.15, 0.2) is 181 Å². The summed E-state index contributed by atoms with van der Waals surface area (Å²) in [7, 11) is 0. The van der Waals surface area contributed by atoms with Crippen molar-refractivity contribution in [3.8, 4) is 0 Å². The van der Waals surface area contributed by atoms with Crippen LogP contribution in [0.5, 0.6) is 0 Å². The van der Waals surface area contributed by atoms with E-state index in [-0.39, 0.29) is 29.7 Å². The fourth-order valence-corrected chi connectivity index (χ4v) is 7.89. The molecule has 0 bridgehead atoms. The van der Waals surface area contributed by atoms with Crippen LogP contribution in [0.2, 0.25) is 0 Å². The predicted octanol–water partition coefficient (Wildman–Crippen LogP) is 22.6. The molecule has 12 heteroatoms. The van der Waals surface area contributed by atoms with Gasteiger partial charge in [0.2, 0.25) is 0 Å². The van der Waals surface area contributed by atoms with Crippen LogP contribution in [0.25, 0.3) is 0 Å². The second-order valence-electron chi connectivity index (χ2n) is 20.6. The third-order valence-electron chi connectivity index (χ3n) is 10.7. The van der Waals surface area contributed by atoms with Gasteiger partial charge >= 0.3 is 0 Å². The number of pyridine rings is 3. The molecule has 82 heavy (non-hydrogen) atoms. The van der Waals surface area contributed by atoms with E-state index in [1.54, 1.807) is 59.9 Å². The fourth-order valence-electron chi connectivity index (χ4n) is 5.86. The van der Waals surface area contributed by atoms with E-state index in [4.69, 9.17) is 0 Å². The first kappa shape index (κ1) is 82.3. The van der Waals surface area contributed by atoms with Crippen LogP contribution in [-0.2, 0) is 0 Å². The lowest BCUT2D eigenvalue weighted by molar-refractivity contribution is 0.774. The van der Waals surface area contributed by atoms with Crippen molar-refractivity contribution in [2.75, 3.05) is 0 Å². The molecule has 0 fully saturated rings. The summed E-state index contributed by atoms with van der Waals surface area (Å²) >= 11 is 5.27. The van der Waals surface area contributed by atoms with E-state index < -0.39 is 0 Å². The molecular weight excluding hydrogens is 1060 g/mol. The van der Waals surface area contributed by atoms with Crippen LogP contribution < -0.4 is 0 Å². The third-order valence-corrected chi connectivity index (χ3v) is 14.1. The summed E-state index contributed by atoms with van der Waals surface area (Å²) in [6.45, 7) is 38.7. The fraction of sp³-hybridized carbons (Fsp3) is 0.443. The molecule has 8 aromatic heterocycles. The summed E-state index contributed by atoms with van der Waals surface area (Å²) in [5.41, 5.74) is 7.97. The maximum Gasteiger partial charge on any atom is 0.130 e. The first-order valence-corrected chi connectivity index (χ1v) is 30.0. The van der Waals surface area contributed by atoms with Gasteiger partial charge in [0.15, 0.2) is 0 Å². The lowest BCUT2D eigenvalue weighted by Crippen LogP contribution is -1.93. The molecule has 0 spiro atoms. The molecule has 9 nitrogen and oxygen atoms in total. The number of aromatic nitrogens is 9. The van der Waals surface area contributed by atoms with E-state index in [2.05, 4.69) is 217 Å². The van der Waals surface area contributed by atoms with E-state index >= 15 is 0 Å². The average Bonchev–Trinajstić information content (AvgIpc) is 4.31. The molecule has 0 amide bonds. The highest BCUT2D eigenvalue weighted by Crippen LogP contribution is 2.20. The van der Waals surface area contributed by atoms with Crippen molar-refractivity contribution in [1.82, 2.24) is 44.9 Å². The lowest BCUT2D eigenvalue weighted by atomic mass is 10.0. The molecule has 0 N–H and O–H groups in total. The van der Waals surface area contributed by atoms with Gasteiger partial charge in [0.25, 0.3) is 0 Å². The van der Waals surface area contributed by atoms with Gasteiger partial charge in [0.1, 0.15) is 5.82 Å². The second-order valence-corrected chi connectivity index (χ2v) is 23.4. The van der Waals surface area contributed by atoms with Crippen LogP contribution in [0.4, 0.5) is 0 Å². The van der Waals surface area contributed by atoms with Gasteiger partial charge in [-0.1, -0.05) is 209 Å². The van der Waals surface area contributed by atoms with E-state index in [9.17, 15) is 0 Å². The Labute approximate surface area is 513 Å². The SMILES string of the molecule is C.C.C.C.CC(C)c1ccccc1.CC(C)c1ccccn1.CC(C)c1ccccn1.CC(C)c1cccnc1.CC(C)c1cccs1.CC(C)c1cnccn1.CC(C)c1cncs1.CC(C)c1ncccn1.CC(C)c1nccs1. The Kier molecular flexibility index (Phi) is 50.7. The van der Waals surface area contributed by atoms with Gasteiger partial charge in [-0.25, -0.2) is 15.0 Å². The molecule has 0 aliphatic heterocycles. The summed E-state index contributed by atoms with van der Waals surface area (Å²) in [5, 5.41) is 5.36. The molecule has 0 radical (unpaired) electrons. The zero-order chi connectivity index (χ0) is 58.1. The van der Waals surface area contributed by atoms with Gasteiger partial charge in [-0.15, -0.1) is 34.0 Å². The summed E-state index contributed by atoms with van der Waals surface area (Å²) < 4.78 is 0. The summed E-state index contributed by atoms with van der Waals surface area (Å²) in [6.07, 6.45) is 19.9. The lowest BCUT2D eigenvalue weighted by Gasteiger charge is -2.01. The van der Waals surface area contributed by atoms with Gasteiger partial charge in [-0.05, 0) is 100 Å².